The van der Waals surface area contributed by atoms with Gasteiger partial charge in [0.05, 0.1) is 11.6 Å². The molecule has 0 N–H and O–H groups in total. The van der Waals surface area contributed by atoms with E-state index in [1.165, 1.54) is 0 Å². The van der Waals surface area contributed by atoms with Crippen LogP contribution in [0, 0.1) is 18.3 Å². The van der Waals surface area contributed by atoms with Crippen molar-refractivity contribution in [2.24, 2.45) is 0 Å². The summed E-state index contributed by atoms with van der Waals surface area (Å²) in [6.07, 6.45) is 1.60. The van der Waals surface area contributed by atoms with Crippen LogP contribution in [0.25, 0.3) is 6.08 Å². The topological polar surface area (TPSA) is 23.8 Å². The molecule has 0 bridgehead atoms. The van der Waals surface area contributed by atoms with Gasteiger partial charge in [-0.25, -0.2) is 0 Å². The molecule has 0 aromatic heterocycles. The van der Waals surface area contributed by atoms with Crippen LogP contribution in [0.15, 0.2) is 18.7 Å². The van der Waals surface area contributed by atoms with Crippen molar-refractivity contribution in [3.8, 4) is 6.07 Å². The van der Waals surface area contributed by atoms with Crippen molar-refractivity contribution >= 4 is 17.7 Å². The van der Waals surface area contributed by atoms with Crippen molar-refractivity contribution in [2.75, 3.05) is 0 Å². The highest BCUT2D eigenvalue weighted by atomic mass is 35.5. The summed E-state index contributed by atoms with van der Waals surface area (Å²) in [6.45, 7) is 5.50. The number of hydrogen-bond donors (Lipinski definition) is 0. The Morgan fingerprint density at radius 1 is 1.58 bits per heavy atom. The minimum absolute atomic E-state index is 0.579. The van der Waals surface area contributed by atoms with Crippen LogP contribution in [0.2, 0.25) is 5.02 Å². The number of rotatable bonds is 1. The first kappa shape index (κ1) is 8.83. The Hall–Kier alpha value is -1.26. The lowest BCUT2D eigenvalue weighted by molar-refractivity contribution is 1.41. The van der Waals surface area contributed by atoms with Crippen molar-refractivity contribution in [3.63, 3.8) is 0 Å². The molecule has 12 heavy (non-hydrogen) atoms. The van der Waals surface area contributed by atoms with Crippen LogP contribution >= 0.6 is 11.6 Å². The number of nitrogens with zero attached hydrogens (tertiary/aromatic N) is 1. The van der Waals surface area contributed by atoms with E-state index < -0.39 is 0 Å². The summed E-state index contributed by atoms with van der Waals surface area (Å²) in [5.41, 5.74) is 2.28. The third-order valence-electron chi connectivity index (χ3n) is 1.60. The standard InChI is InChI=1S/C10H8ClN/c1-3-9-8(6-12)4-7(2)5-10(9)11/h3-5H,1H2,2H3. The summed E-state index contributed by atoms with van der Waals surface area (Å²) in [5.74, 6) is 0. The molecule has 1 rings (SSSR count). The van der Waals surface area contributed by atoms with E-state index >= 15 is 0 Å². The van der Waals surface area contributed by atoms with Crippen LogP contribution in [0.3, 0.4) is 0 Å². The van der Waals surface area contributed by atoms with E-state index in [9.17, 15) is 0 Å². The zero-order chi connectivity index (χ0) is 9.14. The van der Waals surface area contributed by atoms with E-state index in [2.05, 4.69) is 12.6 Å². The Morgan fingerprint density at radius 2 is 2.25 bits per heavy atom. The second kappa shape index (κ2) is 3.42. The average Bonchev–Trinajstić information content (AvgIpc) is 2.03. The van der Waals surface area contributed by atoms with Crippen LogP contribution in [0.1, 0.15) is 16.7 Å². The van der Waals surface area contributed by atoms with Crippen LogP contribution in [-0.4, -0.2) is 0 Å². The summed E-state index contributed by atoms with van der Waals surface area (Å²) in [7, 11) is 0. The van der Waals surface area contributed by atoms with Crippen molar-refractivity contribution in [1.82, 2.24) is 0 Å². The van der Waals surface area contributed by atoms with Gasteiger partial charge in [-0.1, -0.05) is 24.3 Å². The number of aryl methyl sites for hydroxylation is 1. The van der Waals surface area contributed by atoms with Crippen molar-refractivity contribution in [2.45, 2.75) is 6.92 Å². The third kappa shape index (κ3) is 1.49. The van der Waals surface area contributed by atoms with Gasteiger partial charge in [0, 0.05) is 10.6 Å². The molecule has 0 radical (unpaired) electrons. The van der Waals surface area contributed by atoms with Crippen molar-refractivity contribution in [1.29, 1.82) is 5.26 Å². The molecule has 0 aliphatic heterocycles. The Morgan fingerprint density at radius 3 is 2.75 bits per heavy atom. The highest BCUT2D eigenvalue weighted by Crippen LogP contribution is 2.22. The Kier molecular flexibility index (Phi) is 2.52. The number of nitriles is 1. The highest BCUT2D eigenvalue weighted by molar-refractivity contribution is 6.32. The monoisotopic (exact) mass is 177 g/mol. The molecule has 1 aromatic rings. The number of halogens is 1. The molecule has 0 spiro atoms. The lowest BCUT2D eigenvalue weighted by Crippen LogP contribution is -1.85. The summed E-state index contributed by atoms with van der Waals surface area (Å²) in [6, 6.07) is 5.69. The van der Waals surface area contributed by atoms with E-state index in [1.807, 2.05) is 13.0 Å². The maximum Gasteiger partial charge on any atom is 0.0998 e. The number of benzene rings is 1. The van der Waals surface area contributed by atoms with Crippen LogP contribution in [0.4, 0.5) is 0 Å². The van der Waals surface area contributed by atoms with E-state index in [0.29, 0.717) is 16.1 Å². The van der Waals surface area contributed by atoms with Crippen LogP contribution in [0.5, 0.6) is 0 Å². The molecule has 1 aromatic carbocycles. The van der Waals surface area contributed by atoms with E-state index in [0.717, 1.165) is 5.56 Å². The van der Waals surface area contributed by atoms with Crippen molar-refractivity contribution in [3.05, 3.63) is 40.4 Å². The van der Waals surface area contributed by atoms with Gasteiger partial charge in [-0.05, 0) is 24.6 Å². The van der Waals surface area contributed by atoms with Gasteiger partial charge in [0.2, 0.25) is 0 Å². The zero-order valence-electron chi connectivity index (χ0n) is 6.76. The van der Waals surface area contributed by atoms with E-state index in [1.54, 1.807) is 12.1 Å². The first-order chi connectivity index (χ1) is 5.69. The Bertz CT molecular complexity index is 361. The van der Waals surface area contributed by atoms with Gasteiger partial charge in [-0.3, -0.25) is 0 Å². The van der Waals surface area contributed by atoms with Crippen molar-refractivity contribution < 1.29 is 0 Å². The van der Waals surface area contributed by atoms with E-state index in [-0.39, 0.29) is 0 Å². The lowest BCUT2D eigenvalue weighted by atomic mass is 10.1. The fourth-order valence-electron chi connectivity index (χ4n) is 1.05. The molecular weight excluding hydrogens is 170 g/mol. The summed E-state index contributed by atoms with van der Waals surface area (Å²) in [5, 5.41) is 9.33. The van der Waals surface area contributed by atoms with Crippen LogP contribution < -0.4 is 0 Å². The van der Waals surface area contributed by atoms with Crippen LogP contribution in [-0.2, 0) is 0 Å². The SMILES string of the molecule is C=Cc1c(Cl)cc(C)cc1C#N. The minimum Gasteiger partial charge on any atom is -0.192 e. The first-order valence-corrected chi connectivity index (χ1v) is 3.89. The molecular formula is C10H8ClN. The second-order valence-corrected chi connectivity index (χ2v) is 2.93. The van der Waals surface area contributed by atoms with Gasteiger partial charge in [-0.2, -0.15) is 5.26 Å². The summed E-state index contributed by atoms with van der Waals surface area (Å²) >= 11 is 5.89. The normalized spacial score (nSPS) is 9.08. The van der Waals surface area contributed by atoms with Gasteiger partial charge in [0.1, 0.15) is 0 Å². The van der Waals surface area contributed by atoms with Gasteiger partial charge in [0.25, 0.3) is 0 Å². The highest BCUT2D eigenvalue weighted by Gasteiger charge is 2.03. The molecule has 2 heteroatoms. The first-order valence-electron chi connectivity index (χ1n) is 3.51. The maximum absolute atomic E-state index is 8.74. The maximum atomic E-state index is 8.74. The second-order valence-electron chi connectivity index (χ2n) is 2.52. The number of hydrogen-bond acceptors (Lipinski definition) is 1. The van der Waals surface area contributed by atoms with E-state index in [4.69, 9.17) is 16.9 Å². The predicted octanol–water partition coefficient (Wildman–Crippen LogP) is 3.16. The Balaban J connectivity index is 3.46. The molecule has 0 unspecified atom stereocenters. The van der Waals surface area contributed by atoms with Gasteiger partial charge in [0.15, 0.2) is 0 Å². The van der Waals surface area contributed by atoms with Gasteiger partial charge < -0.3 is 0 Å². The smallest absolute Gasteiger partial charge is 0.0998 e. The molecule has 0 heterocycles. The molecule has 0 saturated heterocycles. The summed E-state index contributed by atoms with van der Waals surface area (Å²) < 4.78 is 0. The van der Waals surface area contributed by atoms with Gasteiger partial charge >= 0.3 is 0 Å². The quantitative estimate of drug-likeness (QED) is 0.647. The fraction of sp³-hybridized carbons (Fsp3) is 0.100. The minimum atomic E-state index is 0.579. The van der Waals surface area contributed by atoms with Gasteiger partial charge in [-0.15, -0.1) is 0 Å². The molecule has 0 aliphatic rings. The molecule has 60 valence electrons. The molecule has 0 fully saturated rings. The Labute approximate surface area is 76.9 Å². The third-order valence-corrected chi connectivity index (χ3v) is 1.91. The average molecular weight is 178 g/mol. The largest absolute Gasteiger partial charge is 0.192 e. The molecule has 0 amide bonds. The molecule has 0 aliphatic carbocycles. The fourth-order valence-corrected chi connectivity index (χ4v) is 1.40. The zero-order valence-corrected chi connectivity index (χ0v) is 7.52. The molecule has 0 saturated carbocycles. The predicted molar refractivity (Wildman–Crippen MR) is 51.0 cm³/mol. The lowest BCUT2D eigenvalue weighted by Gasteiger charge is -2.01. The summed E-state index contributed by atoms with van der Waals surface area (Å²) in [4.78, 5) is 0. The molecule has 1 nitrogen and oxygen atoms in total. The molecule has 0 atom stereocenters.